The first-order valence-electron chi connectivity index (χ1n) is 4.70. The highest BCUT2D eigenvalue weighted by molar-refractivity contribution is 9.10. The number of carbonyl (C=O) groups excluding carboxylic acids is 1. The minimum Gasteiger partial charge on any atom is -0.395 e. The van der Waals surface area contributed by atoms with Gasteiger partial charge in [0.15, 0.2) is 0 Å². The van der Waals surface area contributed by atoms with Crippen LogP contribution in [0.4, 0.5) is 0 Å². The summed E-state index contributed by atoms with van der Waals surface area (Å²) in [5, 5.41) is 9.26. The highest BCUT2D eigenvalue weighted by Crippen LogP contribution is 2.24. The average Bonchev–Trinajstić information content (AvgIpc) is 2.49. The van der Waals surface area contributed by atoms with Gasteiger partial charge in [-0.05, 0) is 19.6 Å². The molecule has 0 aromatic heterocycles. The minimum atomic E-state index is -0.0221. The van der Waals surface area contributed by atoms with Gasteiger partial charge >= 0.3 is 0 Å². The maximum Gasteiger partial charge on any atom is 0.236 e. The van der Waals surface area contributed by atoms with Gasteiger partial charge in [-0.3, -0.25) is 4.79 Å². The lowest BCUT2D eigenvalue weighted by molar-refractivity contribution is -0.128. The molecule has 3 atom stereocenters. The molecule has 1 aliphatic rings. The van der Waals surface area contributed by atoms with Gasteiger partial charge in [-0.1, -0.05) is 15.9 Å². The largest absolute Gasteiger partial charge is 0.395 e. The third kappa shape index (κ3) is 2.44. The summed E-state index contributed by atoms with van der Waals surface area (Å²) in [6.45, 7) is 2.92. The van der Waals surface area contributed by atoms with E-state index in [-0.39, 0.29) is 28.6 Å². The summed E-state index contributed by atoms with van der Waals surface area (Å²) in [6, 6.07) is 0.116. The highest BCUT2D eigenvalue weighted by atomic mass is 79.9. The Morgan fingerprint density at radius 1 is 1.79 bits per heavy atom. The first-order chi connectivity index (χ1) is 6.61. The second kappa shape index (κ2) is 5.37. The minimum absolute atomic E-state index is 0.0221. The van der Waals surface area contributed by atoms with E-state index in [1.165, 1.54) is 0 Å². The summed E-state index contributed by atoms with van der Waals surface area (Å²) in [7, 11) is 0. The maximum absolute atomic E-state index is 11.7. The molecule has 1 rings (SSSR count). The van der Waals surface area contributed by atoms with Gasteiger partial charge in [0.1, 0.15) is 0 Å². The van der Waals surface area contributed by atoms with Crippen LogP contribution in [0.3, 0.4) is 0 Å². The molecule has 0 aromatic carbocycles. The molecule has 1 heterocycles. The summed E-state index contributed by atoms with van der Waals surface area (Å²) < 4.78 is 0. The van der Waals surface area contributed by atoms with E-state index in [1.807, 2.05) is 18.1 Å². The van der Waals surface area contributed by atoms with Crippen LogP contribution in [0.2, 0.25) is 0 Å². The molecule has 3 unspecified atom stereocenters. The summed E-state index contributed by atoms with van der Waals surface area (Å²) in [6.07, 6.45) is 2.83. The number of rotatable bonds is 4. The number of hydrogen-bond acceptors (Lipinski definition) is 3. The number of aliphatic hydroxyl groups is 1. The average molecular weight is 282 g/mol. The van der Waals surface area contributed by atoms with Crippen LogP contribution < -0.4 is 0 Å². The molecule has 0 spiro atoms. The number of halogens is 1. The van der Waals surface area contributed by atoms with Crippen LogP contribution in [0.5, 0.6) is 0 Å². The molecule has 0 radical (unpaired) electrons. The predicted octanol–water partition coefficient (Wildman–Crippen LogP) is 1.09. The van der Waals surface area contributed by atoms with Gasteiger partial charge in [-0.15, -0.1) is 0 Å². The van der Waals surface area contributed by atoms with Crippen LogP contribution in [-0.4, -0.2) is 51.4 Å². The second-order valence-electron chi connectivity index (χ2n) is 3.49. The van der Waals surface area contributed by atoms with Crippen molar-refractivity contribution >= 4 is 33.6 Å². The quantitative estimate of drug-likeness (QED) is 0.785. The van der Waals surface area contributed by atoms with Crippen molar-refractivity contribution in [2.24, 2.45) is 0 Å². The van der Waals surface area contributed by atoms with Crippen molar-refractivity contribution in [2.75, 3.05) is 19.4 Å². The van der Waals surface area contributed by atoms with Gasteiger partial charge in [0.05, 0.1) is 11.4 Å². The molecule has 1 fully saturated rings. The number of amides is 1. The Bertz CT molecular complexity index is 211. The van der Waals surface area contributed by atoms with Gasteiger partial charge in [-0.2, -0.15) is 11.8 Å². The zero-order valence-electron chi connectivity index (χ0n) is 8.44. The first kappa shape index (κ1) is 12.3. The number of aliphatic hydroxyl groups excluding tert-OH is 1. The smallest absolute Gasteiger partial charge is 0.236 e. The Morgan fingerprint density at radius 3 is 2.79 bits per heavy atom. The van der Waals surface area contributed by atoms with Crippen LogP contribution in [0, 0.1) is 0 Å². The van der Waals surface area contributed by atoms with E-state index >= 15 is 0 Å². The van der Waals surface area contributed by atoms with Crippen molar-refractivity contribution < 1.29 is 9.90 Å². The number of likely N-dealkylation sites (tertiary alicyclic amines) is 1. The number of alkyl halides is 1. The lowest BCUT2D eigenvalue weighted by Crippen LogP contribution is -2.43. The molecule has 14 heavy (non-hydrogen) atoms. The van der Waals surface area contributed by atoms with Gasteiger partial charge in [-0.25, -0.2) is 0 Å². The Morgan fingerprint density at radius 2 is 2.43 bits per heavy atom. The number of carbonyl (C=O) groups is 1. The molecule has 0 saturated carbocycles. The molecule has 3 nitrogen and oxygen atoms in total. The molecule has 1 N–H and O–H groups in total. The zero-order chi connectivity index (χ0) is 10.7. The van der Waals surface area contributed by atoms with Crippen molar-refractivity contribution in [3.8, 4) is 0 Å². The maximum atomic E-state index is 11.7. The topological polar surface area (TPSA) is 40.5 Å². The van der Waals surface area contributed by atoms with Crippen LogP contribution in [0.25, 0.3) is 0 Å². The van der Waals surface area contributed by atoms with Crippen LogP contribution in [0.15, 0.2) is 0 Å². The zero-order valence-corrected chi connectivity index (χ0v) is 10.8. The van der Waals surface area contributed by atoms with Crippen molar-refractivity contribution in [3.05, 3.63) is 0 Å². The van der Waals surface area contributed by atoms with E-state index in [9.17, 15) is 4.79 Å². The van der Waals surface area contributed by atoms with E-state index in [1.54, 1.807) is 11.8 Å². The number of thioether (sulfide) groups is 1. The molecule has 5 heteroatoms. The van der Waals surface area contributed by atoms with Crippen molar-refractivity contribution in [1.82, 2.24) is 4.90 Å². The van der Waals surface area contributed by atoms with Crippen LogP contribution in [0.1, 0.15) is 13.3 Å². The monoisotopic (exact) mass is 281 g/mol. The van der Waals surface area contributed by atoms with E-state index in [0.717, 1.165) is 13.0 Å². The molecule has 0 aromatic rings. The normalized spacial score (nSPS) is 26.7. The van der Waals surface area contributed by atoms with E-state index < -0.39 is 0 Å². The lowest BCUT2D eigenvalue weighted by Gasteiger charge is -2.29. The van der Waals surface area contributed by atoms with E-state index in [0.29, 0.717) is 0 Å². The van der Waals surface area contributed by atoms with Crippen LogP contribution >= 0.6 is 27.7 Å². The first-order valence-corrected chi connectivity index (χ1v) is 6.90. The fraction of sp³-hybridized carbons (Fsp3) is 0.889. The Balaban J connectivity index is 2.60. The molecular weight excluding hydrogens is 266 g/mol. The van der Waals surface area contributed by atoms with Crippen molar-refractivity contribution in [3.63, 3.8) is 0 Å². The lowest BCUT2D eigenvalue weighted by atomic mass is 10.2. The molecule has 1 aliphatic heterocycles. The summed E-state index contributed by atoms with van der Waals surface area (Å²) >= 11 is 4.95. The molecule has 82 valence electrons. The van der Waals surface area contributed by atoms with Gasteiger partial charge in [0.2, 0.25) is 5.91 Å². The fourth-order valence-electron chi connectivity index (χ4n) is 1.70. The fourth-order valence-corrected chi connectivity index (χ4v) is 2.85. The van der Waals surface area contributed by atoms with Crippen molar-refractivity contribution in [1.29, 1.82) is 0 Å². The summed E-state index contributed by atoms with van der Waals surface area (Å²) in [5.41, 5.74) is 0. The molecule has 0 aliphatic carbocycles. The Kier molecular flexibility index (Phi) is 4.73. The molecule has 0 bridgehead atoms. The summed E-state index contributed by atoms with van der Waals surface area (Å²) in [5.74, 6) is 0.157. The van der Waals surface area contributed by atoms with Gasteiger partial charge in [0.25, 0.3) is 0 Å². The second-order valence-corrected chi connectivity index (χ2v) is 5.67. The predicted molar refractivity (Wildman–Crippen MR) is 62.9 cm³/mol. The highest BCUT2D eigenvalue weighted by Gasteiger charge is 2.35. The molecule has 1 saturated heterocycles. The SMILES string of the molecule is CSC(CO)C(C)N1CCC(Br)C1=O. The Hall–Kier alpha value is 0.260. The van der Waals surface area contributed by atoms with Crippen molar-refractivity contribution in [2.45, 2.75) is 29.5 Å². The van der Waals surface area contributed by atoms with Gasteiger partial charge in [0, 0.05) is 17.8 Å². The summed E-state index contributed by atoms with van der Waals surface area (Å²) in [4.78, 5) is 13.5. The molecule has 1 amide bonds. The number of hydrogen-bond donors (Lipinski definition) is 1. The van der Waals surface area contributed by atoms with E-state index in [4.69, 9.17) is 5.11 Å². The standard InChI is InChI=1S/C9H16BrNO2S/c1-6(8(5-12)14-2)11-4-3-7(10)9(11)13/h6-8,12H,3-5H2,1-2H3. The third-order valence-electron chi connectivity index (χ3n) is 2.69. The van der Waals surface area contributed by atoms with Crippen LogP contribution in [-0.2, 0) is 4.79 Å². The molecular formula is C9H16BrNO2S. The number of nitrogens with zero attached hydrogens (tertiary/aromatic N) is 1. The Labute approximate surface area is 97.4 Å². The van der Waals surface area contributed by atoms with Gasteiger partial charge < -0.3 is 10.0 Å². The third-order valence-corrected chi connectivity index (χ3v) is 4.68. The van der Waals surface area contributed by atoms with E-state index in [2.05, 4.69) is 15.9 Å².